The molecule has 3 heteroatoms. The quantitative estimate of drug-likeness (QED) is 0.737. The standard InChI is InChI=1S/C18H15F2N/c1-11-6-7-15(17(20)10-11)18(21)14-8-9-16(19)13-5-3-2-4-12(13)14/h2-10,18H,21H2,1H3. The van der Waals surface area contributed by atoms with Crippen LogP contribution in [-0.4, -0.2) is 0 Å². The van der Waals surface area contributed by atoms with Crippen molar-refractivity contribution in [3.63, 3.8) is 0 Å². The molecule has 0 saturated heterocycles. The minimum Gasteiger partial charge on any atom is -0.320 e. The predicted octanol–water partition coefficient (Wildman–Crippen LogP) is 4.47. The van der Waals surface area contributed by atoms with E-state index in [9.17, 15) is 8.78 Å². The zero-order chi connectivity index (χ0) is 15.0. The first kappa shape index (κ1) is 13.7. The molecule has 0 radical (unpaired) electrons. The molecule has 0 bridgehead atoms. The molecular formula is C18H15F2N. The fourth-order valence-corrected chi connectivity index (χ4v) is 2.61. The summed E-state index contributed by atoms with van der Waals surface area (Å²) >= 11 is 0. The molecule has 0 fully saturated rings. The van der Waals surface area contributed by atoms with Crippen LogP contribution in [0.25, 0.3) is 10.8 Å². The van der Waals surface area contributed by atoms with Gasteiger partial charge in [0.15, 0.2) is 0 Å². The van der Waals surface area contributed by atoms with Crippen LogP contribution in [0.4, 0.5) is 8.78 Å². The smallest absolute Gasteiger partial charge is 0.131 e. The summed E-state index contributed by atoms with van der Waals surface area (Å²) in [6, 6.07) is 14.4. The lowest BCUT2D eigenvalue weighted by atomic mass is 9.93. The van der Waals surface area contributed by atoms with Gasteiger partial charge in [-0.15, -0.1) is 0 Å². The van der Waals surface area contributed by atoms with E-state index < -0.39 is 6.04 Å². The molecule has 0 amide bonds. The molecule has 0 aliphatic carbocycles. The molecule has 3 aromatic carbocycles. The minimum atomic E-state index is -0.629. The summed E-state index contributed by atoms with van der Waals surface area (Å²) in [6.07, 6.45) is 0. The Hall–Kier alpha value is -2.26. The van der Waals surface area contributed by atoms with Crippen LogP contribution < -0.4 is 5.73 Å². The molecule has 21 heavy (non-hydrogen) atoms. The second-order valence-corrected chi connectivity index (χ2v) is 5.18. The highest BCUT2D eigenvalue weighted by atomic mass is 19.1. The van der Waals surface area contributed by atoms with Gasteiger partial charge in [0.2, 0.25) is 0 Å². The summed E-state index contributed by atoms with van der Waals surface area (Å²) in [5.74, 6) is -0.637. The summed E-state index contributed by atoms with van der Waals surface area (Å²) in [7, 11) is 0. The average Bonchev–Trinajstić information content (AvgIpc) is 2.47. The highest BCUT2D eigenvalue weighted by Gasteiger charge is 2.17. The van der Waals surface area contributed by atoms with Crippen molar-refractivity contribution in [3.8, 4) is 0 Å². The van der Waals surface area contributed by atoms with E-state index in [1.807, 2.05) is 19.1 Å². The molecule has 3 rings (SSSR count). The number of hydrogen-bond acceptors (Lipinski definition) is 1. The fourth-order valence-electron chi connectivity index (χ4n) is 2.61. The third-order valence-corrected chi connectivity index (χ3v) is 3.73. The van der Waals surface area contributed by atoms with E-state index in [1.54, 1.807) is 30.3 Å². The molecule has 2 N–H and O–H groups in total. The SMILES string of the molecule is Cc1ccc(C(N)c2ccc(F)c3ccccc23)c(F)c1. The van der Waals surface area contributed by atoms with Gasteiger partial charge in [-0.05, 0) is 35.6 Å². The van der Waals surface area contributed by atoms with Gasteiger partial charge in [0, 0.05) is 10.9 Å². The molecule has 0 heterocycles. The molecule has 1 nitrogen and oxygen atoms in total. The van der Waals surface area contributed by atoms with Gasteiger partial charge in [-0.2, -0.15) is 0 Å². The van der Waals surface area contributed by atoms with Crippen molar-refractivity contribution in [1.29, 1.82) is 0 Å². The molecule has 0 spiro atoms. The largest absolute Gasteiger partial charge is 0.320 e. The van der Waals surface area contributed by atoms with Crippen molar-refractivity contribution in [2.75, 3.05) is 0 Å². The lowest BCUT2D eigenvalue weighted by Crippen LogP contribution is -2.14. The van der Waals surface area contributed by atoms with E-state index in [1.165, 1.54) is 12.1 Å². The summed E-state index contributed by atoms with van der Waals surface area (Å²) in [5.41, 5.74) is 8.19. The Bertz CT molecular complexity index is 811. The molecular weight excluding hydrogens is 268 g/mol. The van der Waals surface area contributed by atoms with Crippen molar-refractivity contribution in [3.05, 3.63) is 82.9 Å². The monoisotopic (exact) mass is 283 g/mol. The predicted molar refractivity (Wildman–Crippen MR) is 81.1 cm³/mol. The number of rotatable bonds is 2. The van der Waals surface area contributed by atoms with Gasteiger partial charge in [-0.1, -0.05) is 42.5 Å². The molecule has 0 saturated carbocycles. The van der Waals surface area contributed by atoms with Crippen LogP contribution in [0, 0.1) is 18.6 Å². The van der Waals surface area contributed by atoms with Crippen LogP contribution in [0.5, 0.6) is 0 Å². The van der Waals surface area contributed by atoms with E-state index in [0.29, 0.717) is 16.3 Å². The Morgan fingerprint density at radius 2 is 1.48 bits per heavy atom. The van der Waals surface area contributed by atoms with E-state index in [-0.39, 0.29) is 11.6 Å². The third kappa shape index (κ3) is 2.41. The van der Waals surface area contributed by atoms with Crippen LogP contribution in [-0.2, 0) is 0 Å². The van der Waals surface area contributed by atoms with E-state index in [4.69, 9.17) is 5.73 Å². The van der Waals surface area contributed by atoms with Crippen molar-refractivity contribution in [2.45, 2.75) is 13.0 Å². The summed E-state index contributed by atoms with van der Waals surface area (Å²) in [6.45, 7) is 1.83. The molecule has 0 aromatic heterocycles. The van der Waals surface area contributed by atoms with Crippen molar-refractivity contribution in [2.24, 2.45) is 5.73 Å². The van der Waals surface area contributed by atoms with Crippen molar-refractivity contribution in [1.82, 2.24) is 0 Å². The van der Waals surface area contributed by atoms with Gasteiger partial charge in [0.05, 0.1) is 6.04 Å². The lowest BCUT2D eigenvalue weighted by molar-refractivity contribution is 0.598. The topological polar surface area (TPSA) is 26.0 Å². The number of hydrogen-bond donors (Lipinski definition) is 1. The van der Waals surface area contributed by atoms with Crippen LogP contribution in [0.15, 0.2) is 54.6 Å². The zero-order valence-corrected chi connectivity index (χ0v) is 11.6. The first-order valence-electron chi connectivity index (χ1n) is 6.76. The first-order chi connectivity index (χ1) is 10.1. The number of nitrogens with two attached hydrogens (primary N) is 1. The van der Waals surface area contributed by atoms with E-state index >= 15 is 0 Å². The summed E-state index contributed by atoms with van der Waals surface area (Å²) in [5, 5.41) is 1.21. The number of halogens is 2. The van der Waals surface area contributed by atoms with Gasteiger partial charge >= 0.3 is 0 Å². The molecule has 106 valence electrons. The van der Waals surface area contributed by atoms with Crippen LogP contribution in [0.3, 0.4) is 0 Å². The second-order valence-electron chi connectivity index (χ2n) is 5.18. The number of fused-ring (bicyclic) bond motifs is 1. The molecule has 0 aliphatic rings. The highest BCUT2D eigenvalue weighted by molar-refractivity contribution is 5.87. The van der Waals surface area contributed by atoms with Crippen LogP contribution in [0.1, 0.15) is 22.7 Å². The second kappa shape index (κ2) is 5.26. The van der Waals surface area contributed by atoms with Gasteiger partial charge in [0.25, 0.3) is 0 Å². The zero-order valence-electron chi connectivity index (χ0n) is 11.6. The summed E-state index contributed by atoms with van der Waals surface area (Å²) in [4.78, 5) is 0. The van der Waals surface area contributed by atoms with E-state index in [0.717, 1.165) is 11.1 Å². The molecule has 1 unspecified atom stereocenters. The maximum Gasteiger partial charge on any atom is 0.131 e. The Kier molecular flexibility index (Phi) is 3.43. The first-order valence-corrected chi connectivity index (χ1v) is 6.76. The Labute approximate surface area is 122 Å². The Balaban J connectivity index is 2.18. The average molecular weight is 283 g/mol. The number of benzene rings is 3. The molecule has 0 aliphatic heterocycles. The normalized spacial score (nSPS) is 12.6. The van der Waals surface area contributed by atoms with Crippen molar-refractivity contribution >= 4 is 10.8 Å². The van der Waals surface area contributed by atoms with Gasteiger partial charge in [-0.3, -0.25) is 0 Å². The van der Waals surface area contributed by atoms with Crippen molar-refractivity contribution < 1.29 is 8.78 Å². The van der Waals surface area contributed by atoms with E-state index in [2.05, 4.69) is 0 Å². The Morgan fingerprint density at radius 1 is 0.810 bits per heavy atom. The van der Waals surface area contributed by atoms with Gasteiger partial charge in [0.1, 0.15) is 11.6 Å². The maximum absolute atomic E-state index is 14.1. The maximum atomic E-state index is 14.1. The van der Waals surface area contributed by atoms with Gasteiger partial charge in [-0.25, -0.2) is 8.78 Å². The minimum absolute atomic E-state index is 0.300. The third-order valence-electron chi connectivity index (χ3n) is 3.73. The fraction of sp³-hybridized carbons (Fsp3) is 0.111. The lowest BCUT2D eigenvalue weighted by Gasteiger charge is -2.16. The van der Waals surface area contributed by atoms with Crippen LogP contribution >= 0.6 is 0 Å². The summed E-state index contributed by atoms with van der Waals surface area (Å²) < 4.78 is 28.0. The highest BCUT2D eigenvalue weighted by Crippen LogP contribution is 2.30. The molecule has 3 aromatic rings. The number of aryl methyl sites for hydroxylation is 1. The molecule has 1 atom stereocenters. The Morgan fingerprint density at radius 3 is 2.19 bits per heavy atom. The van der Waals surface area contributed by atoms with Crippen LogP contribution in [0.2, 0.25) is 0 Å². The van der Waals surface area contributed by atoms with Gasteiger partial charge < -0.3 is 5.73 Å².